The van der Waals surface area contributed by atoms with Crippen molar-refractivity contribution in [3.05, 3.63) is 0 Å². The number of aliphatic hydroxyl groups is 1. The first-order chi connectivity index (χ1) is 10.3. The molecule has 22 heavy (non-hydrogen) atoms. The lowest BCUT2D eigenvalue weighted by atomic mass is 9.98. The number of hydrogen-bond acceptors (Lipinski definition) is 6. The average molecular weight is 336 g/mol. The van der Waals surface area contributed by atoms with Gasteiger partial charge in [-0.2, -0.15) is 8.42 Å². The summed E-state index contributed by atoms with van der Waals surface area (Å²) in [5.74, 6) is 0.993. The Morgan fingerprint density at radius 3 is 1.73 bits per heavy atom. The van der Waals surface area contributed by atoms with Crippen LogP contribution in [0, 0.1) is 11.8 Å². The van der Waals surface area contributed by atoms with Crippen molar-refractivity contribution in [3.8, 4) is 0 Å². The van der Waals surface area contributed by atoms with Gasteiger partial charge in [0.05, 0.1) is 12.9 Å². The third-order valence-corrected chi connectivity index (χ3v) is 5.02. The van der Waals surface area contributed by atoms with Crippen molar-refractivity contribution in [3.63, 3.8) is 0 Å². The first kappa shape index (κ1) is 19.8. The molecule has 0 aromatic carbocycles. The number of piperidine rings is 2. The summed E-state index contributed by atoms with van der Waals surface area (Å²) in [6.45, 7) is 5.13. The lowest BCUT2D eigenvalue weighted by molar-refractivity contribution is 0.148. The van der Waals surface area contributed by atoms with Crippen molar-refractivity contribution in [2.75, 3.05) is 59.7 Å². The zero-order chi connectivity index (χ0) is 16.6. The van der Waals surface area contributed by atoms with Crippen molar-refractivity contribution >= 4 is 10.1 Å². The SMILES string of the molecule is CN1CCC(CO)CC1.CN1CCC(COS(C)(=O)=O)CC1. The van der Waals surface area contributed by atoms with E-state index in [1.54, 1.807) is 0 Å². The van der Waals surface area contributed by atoms with Gasteiger partial charge in [-0.25, -0.2) is 0 Å². The molecule has 2 heterocycles. The van der Waals surface area contributed by atoms with Gasteiger partial charge < -0.3 is 14.9 Å². The van der Waals surface area contributed by atoms with Gasteiger partial charge in [-0.3, -0.25) is 4.18 Å². The fraction of sp³-hybridized carbons (Fsp3) is 1.00. The van der Waals surface area contributed by atoms with Gasteiger partial charge in [0.2, 0.25) is 0 Å². The summed E-state index contributed by atoms with van der Waals surface area (Å²) < 4.78 is 26.2. The largest absolute Gasteiger partial charge is 0.396 e. The van der Waals surface area contributed by atoms with Crippen LogP contribution in [-0.4, -0.2) is 83.1 Å². The minimum absolute atomic E-state index is 0.354. The molecule has 1 N–H and O–H groups in total. The Kier molecular flexibility index (Phi) is 8.86. The van der Waals surface area contributed by atoms with E-state index < -0.39 is 10.1 Å². The Hall–Kier alpha value is -0.210. The minimum Gasteiger partial charge on any atom is -0.396 e. The van der Waals surface area contributed by atoms with Gasteiger partial charge in [-0.1, -0.05) is 0 Å². The smallest absolute Gasteiger partial charge is 0.264 e. The molecule has 7 heteroatoms. The van der Waals surface area contributed by atoms with Crippen molar-refractivity contribution in [1.29, 1.82) is 0 Å². The molecular formula is C15H32N2O4S. The molecule has 0 bridgehead atoms. The van der Waals surface area contributed by atoms with Crippen LogP contribution in [0.25, 0.3) is 0 Å². The van der Waals surface area contributed by atoms with Crippen LogP contribution in [0.3, 0.4) is 0 Å². The van der Waals surface area contributed by atoms with Gasteiger partial charge in [0.15, 0.2) is 0 Å². The maximum atomic E-state index is 10.7. The summed E-state index contributed by atoms with van der Waals surface area (Å²) in [6, 6.07) is 0. The number of likely N-dealkylation sites (tertiary alicyclic amines) is 2. The summed E-state index contributed by atoms with van der Waals surface area (Å²) in [5, 5.41) is 8.76. The van der Waals surface area contributed by atoms with Crippen LogP contribution in [0.1, 0.15) is 25.7 Å². The highest BCUT2D eigenvalue weighted by Crippen LogP contribution is 2.16. The number of rotatable bonds is 4. The highest BCUT2D eigenvalue weighted by atomic mass is 32.2. The number of hydrogen-bond donors (Lipinski definition) is 1. The molecule has 0 unspecified atom stereocenters. The van der Waals surface area contributed by atoms with Crippen LogP contribution >= 0.6 is 0 Å². The van der Waals surface area contributed by atoms with Crippen LogP contribution < -0.4 is 0 Å². The zero-order valence-corrected chi connectivity index (χ0v) is 15.0. The molecule has 0 spiro atoms. The van der Waals surface area contributed by atoms with Gasteiger partial charge >= 0.3 is 0 Å². The molecule has 0 aromatic heterocycles. The summed E-state index contributed by atoms with van der Waals surface area (Å²) in [6.07, 6.45) is 5.51. The van der Waals surface area contributed by atoms with E-state index in [4.69, 9.17) is 9.29 Å². The molecule has 132 valence electrons. The van der Waals surface area contributed by atoms with Gasteiger partial charge in [0.25, 0.3) is 10.1 Å². The Morgan fingerprint density at radius 2 is 1.36 bits per heavy atom. The van der Waals surface area contributed by atoms with Gasteiger partial charge in [0.1, 0.15) is 0 Å². The maximum Gasteiger partial charge on any atom is 0.264 e. The Labute approximate surface area is 135 Å². The van der Waals surface area contributed by atoms with Crippen molar-refractivity contribution in [2.45, 2.75) is 25.7 Å². The summed E-state index contributed by atoms with van der Waals surface area (Å²) in [4.78, 5) is 4.56. The second-order valence-electron chi connectivity index (χ2n) is 6.66. The summed E-state index contributed by atoms with van der Waals surface area (Å²) in [5.41, 5.74) is 0. The van der Waals surface area contributed by atoms with Gasteiger partial charge in [-0.05, 0) is 77.8 Å². The summed E-state index contributed by atoms with van der Waals surface area (Å²) in [7, 11) is 0.959. The van der Waals surface area contributed by atoms with Crippen molar-refractivity contribution < 1.29 is 17.7 Å². The standard InChI is InChI=1S/C8H17NO3S.C7H15NO/c1-9-5-3-8(4-6-9)7-12-13(2,10)11;1-8-4-2-7(6-9)3-5-8/h8H,3-7H2,1-2H3;7,9H,2-6H2,1H3. The Bertz CT molecular complexity index is 386. The highest BCUT2D eigenvalue weighted by Gasteiger charge is 2.18. The predicted octanol–water partition coefficient (Wildman–Crippen LogP) is 0.625. The van der Waals surface area contributed by atoms with Crippen LogP contribution in [0.15, 0.2) is 0 Å². The molecule has 2 aliphatic heterocycles. The van der Waals surface area contributed by atoms with E-state index in [1.165, 1.54) is 12.8 Å². The zero-order valence-electron chi connectivity index (χ0n) is 14.2. The van der Waals surface area contributed by atoms with Crippen LogP contribution in [0.4, 0.5) is 0 Å². The lowest BCUT2D eigenvalue weighted by Gasteiger charge is -2.28. The van der Waals surface area contributed by atoms with E-state index >= 15 is 0 Å². The van der Waals surface area contributed by atoms with Crippen LogP contribution in [0.2, 0.25) is 0 Å². The second-order valence-corrected chi connectivity index (χ2v) is 8.31. The van der Waals surface area contributed by atoms with E-state index in [2.05, 4.69) is 23.9 Å². The topological polar surface area (TPSA) is 70.1 Å². The number of nitrogens with zero attached hydrogens (tertiary/aromatic N) is 2. The van der Waals surface area contributed by atoms with E-state index in [-0.39, 0.29) is 0 Å². The maximum absolute atomic E-state index is 10.7. The van der Waals surface area contributed by atoms with Crippen molar-refractivity contribution in [2.24, 2.45) is 11.8 Å². The molecule has 0 atom stereocenters. The van der Waals surface area contributed by atoms with E-state index in [1.807, 2.05) is 0 Å². The van der Waals surface area contributed by atoms with Gasteiger partial charge in [-0.15, -0.1) is 0 Å². The molecular weight excluding hydrogens is 304 g/mol. The predicted molar refractivity (Wildman–Crippen MR) is 88.3 cm³/mol. The van der Waals surface area contributed by atoms with E-state index in [9.17, 15) is 8.42 Å². The monoisotopic (exact) mass is 336 g/mol. The first-order valence-corrected chi connectivity index (χ1v) is 9.94. The van der Waals surface area contributed by atoms with Crippen LogP contribution in [-0.2, 0) is 14.3 Å². The number of aliphatic hydroxyl groups excluding tert-OH is 1. The molecule has 0 aliphatic carbocycles. The fourth-order valence-corrected chi connectivity index (χ4v) is 3.13. The van der Waals surface area contributed by atoms with Gasteiger partial charge in [0, 0.05) is 6.61 Å². The molecule has 0 saturated carbocycles. The fourth-order valence-electron chi connectivity index (χ4n) is 2.69. The van der Waals surface area contributed by atoms with Crippen molar-refractivity contribution in [1.82, 2.24) is 9.80 Å². The Balaban J connectivity index is 0.000000235. The molecule has 0 radical (unpaired) electrons. The normalized spacial score (nSPS) is 23.1. The molecule has 2 aliphatic rings. The second kappa shape index (κ2) is 9.82. The third kappa shape index (κ3) is 9.05. The van der Waals surface area contributed by atoms with E-state index in [0.29, 0.717) is 25.0 Å². The minimum atomic E-state index is -3.25. The first-order valence-electron chi connectivity index (χ1n) is 8.12. The molecule has 2 rings (SSSR count). The highest BCUT2D eigenvalue weighted by molar-refractivity contribution is 7.85. The molecule has 2 saturated heterocycles. The molecule has 2 fully saturated rings. The molecule has 6 nitrogen and oxygen atoms in total. The van der Waals surface area contributed by atoms with E-state index in [0.717, 1.165) is 45.3 Å². The summed E-state index contributed by atoms with van der Waals surface area (Å²) >= 11 is 0. The lowest BCUT2D eigenvalue weighted by Crippen LogP contribution is -2.32. The molecule has 0 aromatic rings. The average Bonchev–Trinajstić information content (AvgIpc) is 2.47. The van der Waals surface area contributed by atoms with Crippen LogP contribution in [0.5, 0.6) is 0 Å². The Morgan fingerprint density at radius 1 is 0.955 bits per heavy atom. The molecule has 0 amide bonds. The quantitative estimate of drug-likeness (QED) is 0.759. The third-order valence-electron chi connectivity index (χ3n) is 4.45.